The summed E-state index contributed by atoms with van der Waals surface area (Å²) in [5.41, 5.74) is 6.24. The lowest BCUT2D eigenvalue weighted by Crippen LogP contribution is -2.49. The number of hydrogen-bond donors (Lipinski definition) is 1. The standard InChI is InChI=1S/C25H36N4O/c1-6-7-8-23(30)17-28-11-13-29(14-12-28)25-24(20(4)26-21(5)27-25)16-22-15-18(2)9-10-19(22)3/h6,9-10,15,23,30H,1,7-8,11-14,16-17H2,2-5H3. The van der Waals surface area contributed by atoms with E-state index in [9.17, 15) is 5.11 Å². The normalized spacial score (nSPS) is 16.0. The van der Waals surface area contributed by atoms with Crippen LogP contribution in [0.2, 0.25) is 0 Å². The van der Waals surface area contributed by atoms with Crippen LogP contribution in [0, 0.1) is 27.7 Å². The molecule has 0 amide bonds. The van der Waals surface area contributed by atoms with Gasteiger partial charge in [-0.3, -0.25) is 4.90 Å². The van der Waals surface area contributed by atoms with E-state index in [1.54, 1.807) is 0 Å². The van der Waals surface area contributed by atoms with Crippen molar-refractivity contribution in [1.82, 2.24) is 14.9 Å². The summed E-state index contributed by atoms with van der Waals surface area (Å²) in [6.07, 6.45) is 4.10. The number of aliphatic hydroxyl groups is 1. The van der Waals surface area contributed by atoms with Gasteiger partial charge in [-0.15, -0.1) is 6.58 Å². The number of benzene rings is 1. The van der Waals surface area contributed by atoms with Gasteiger partial charge in [0.25, 0.3) is 0 Å². The number of aromatic nitrogens is 2. The number of allylic oxidation sites excluding steroid dienone is 1. The van der Waals surface area contributed by atoms with Crippen LogP contribution in [0.5, 0.6) is 0 Å². The average molecular weight is 409 g/mol. The van der Waals surface area contributed by atoms with Crippen molar-refractivity contribution in [1.29, 1.82) is 0 Å². The van der Waals surface area contributed by atoms with Gasteiger partial charge < -0.3 is 10.0 Å². The number of aliphatic hydroxyl groups excluding tert-OH is 1. The molecule has 1 aliphatic rings. The fourth-order valence-corrected chi connectivity index (χ4v) is 4.21. The highest BCUT2D eigenvalue weighted by molar-refractivity contribution is 5.52. The maximum Gasteiger partial charge on any atom is 0.136 e. The van der Waals surface area contributed by atoms with E-state index < -0.39 is 0 Å². The van der Waals surface area contributed by atoms with Gasteiger partial charge in [-0.2, -0.15) is 0 Å². The maximum atomic E-state index is 10.2. The zero-order chi connectivity index (χ0) is 21.7. The summed E-state index contributed by atoms with van der Waals surface area (Å²) < 4.78 is 0. The predicted octanol–water partition coefficient (Wildman–Crippen LogP) is 3.75. The molecule has 1 atom stereocenters. The molecule has 2 heterocycles. The van der Waals surface area contributed by atoms with Crippen molar-refractivity contribution in [2.75, 3.05) is 37.6 Å². The first kappa shape index (κ1) is 22.4. The van der Waals surface area contributed by atoms with E-state index >= 15 is 0 Å². The van der Waals surface area contributed by atoms with Gasteiger partial charge in [-0.25, -0.2) is 9.97 Å². The molecule has 1 aromatic heterocycles. The Morgan fingerprint density at radius 3 is 2.53 bits per heavy atom. The van der Waals surface area contributed by atoms with Crippen LogP contribution < -0.4 is 4.90 Å². The zero-order valence-electron chi connectivity index (χ0n) is 19.0. The molecule has 1 N–H and O–H groups in total. The molecule has 0 bridgehead atoms. The second-order valence-corrected chi connectivity index (χ2v) is 8.57. The fourth-order valence-electron chi connectivity index (χ4n) is 4.21. The Kier molecular flexibility index (Phi) is 7.62. The third-order valence-corrected chi connectivity index (χ3v) is 6.02. The SMILES string of the molecule is C=CCCC(O)CN1CCN(c2nc(C)nc(C)c2Cc2cc(C)ccc2C)CC1. The van der Waals surface area contributed by atoms with Gasteiger partial charge >= 0.3 is 0 Å². The van der Waals surface area contributed by atoms with E-state index in [1.807, 2.05) is 13.0 Å². The summed E-state index contributed by atoms with van der Waals surface area (Å²) in [6, 6.07) is 6.65. The van der Waals surface area contributed by atoms with E-state index in [0.29, 0.717) is 0 Å². The Labute approximate surface area is 181 Å². The smallest absolute Gasteiger partial charge is 0.136 e. The second-order valence-electron chi connectivity index (χ2n) is 8.57. The first-order valence-corrected chi connectivity index (χ1v) is 11.0. The van der Waals surface area contributed by atoms with Crippen LogP contribution in [0.3, 0.4) is 0 Å². The van der Waals surface area contributed by atoms with Gasteiger partial charge in [0.05, 0.1) is 6.10 Å². The van der Waals surface area contributed by atoms with Crippen molar-refractivity contribution in [2.24, 2.45) is 0 Å². The average Bonchev–Trinajstić information content (AvgIpc) is 2.71. The lowest BCUT2D eigenvalue weighted by molar-refractivity contribution is 0.103. The number of anilines is 1. The van der Waals surface area contributed by atoms with Crippen molar-refractivity contribution in [3.05, 3.63) is 64.6 Å². The Morgan fingerprint density at radius 2 is 1.83 bits per heavy atom. The number of hydrogen-bond acceptors (Lipinski definition) is 5. The molecule has 2 aromatic rings. The molecule has 30 heavy (non-hydrogen) atoms. The van der Waals surface area contributed by atoms with Crippen LogP contribution in [-0.4, -0.2) is 58.8 Å². The van der Waals surface area contributed by atoms with Crippen LogP contribution in [0.1, 0.15) is 46.6 Å². The molecule has 1 unspecified atom stereocenters. The van der Waals surface area contributed by atoms with Crippen LogP contribution in [-0.2, 0) is 6.42 Å². The molecule has 3 rings (SSSR count). The molecule has 1 saturated heterocycles. The minimum atomic E-state index is -0.280. The highest BCUT2D eigenvalue weighted by atomic mass is 16.3. The van der Waals surface area contributed by atoms with Crippen LogP contribution >= 0.6 is 0 Å². The molecular formula is C25H36N4O. The molecule has 1 fully saturated rings. The number of β-amino-alcohol motifs (C(OH)–C–C–N with tert-alkyl or cyclic N) is 1. The first-order chi connectivity index (χ1) is 14.4. The Morgan fingerprint density at radius 1 is 1.10 bits per heavy atom. The van der Waals surface area contributed by atoms with E-state index in [1.165, 1.54) is 22.3 Å². The molecular weight excluding hydrogens is 372 g/mol. The molecule has 0 spiro atoms. The molecule has 162 valence electrons. The van der Waals surface area contributed by atoms with Crippen molar-refractivity contribution in [3.63, 3.8) is 0 Å². The monoisotopic (exact) mass is 408 g/mol. The number of aryl methyl sites for hydroxylation is 4. The highest BCUT2D eigenvalue weighted by Crippen LogP contribution is 2.26. The summed E-state index contributed by atoms with van der Waals surface area (Å²) >= 11 is 0. The van der Waals surface area contributed by atoms with Crippen LogP contribution in [0.15, 0.2) is 30.9 Å². The zero-order valence-corrected chi connectivity index (χ0v) is 19.0. The van der Waals surface area contributed by atoms with E-state index in [0.717, 1.165) is 69.3 Å². The minimum Gasteiger partial charge on any atom is -0.392 e. The van der Waals surface area contributed by atoms with Gasteiger partial charge in [-0.1, -0.05) is 29.8 Å². The topological polar surface area (TPSA) is 52.5 Å². The third-order valence-electron chi connectivity index (χ3n) is 6.02. The van der Waals surface area contributed by atoms with E-state index in [4.69, 9.17) is 4.98 Å². The first-order valence-electron chi connectivity index (χ1n) is 11.0. The summed E-state index contributed by atoms with van der Waals surface area (Å²) in [4.78, 5) is 14.3. The number of nitrogens with zero attached hydrogens (tertiary/aromatic N) is 4. The van der Waals surface area contributed by atoms with E-state index in [2.05, 4.69) is 60.3 Å². The third kappa shape index (κ3) is 5.67. The number of rotatable bonds is 8. The summed E-state index contributed by atoms with van der Waals surface area (Å²) in [5.74, 6) is 1.90. The lowest BCUT2D eigenvalue weighted by atomic mass is 9.97. The summed E-state index contributed by atoms with van der Waals surface area (Å²) in [5, 5.41) is 10.2. The number of piperazine rings is 1. The predicted molar refractivity (Wildman–Crippen MR) is 124 cm³/mol. The molecule has 0 radical (unpaired) electrons. The van der Waals surface area contributed by atoms with Gasteiger partial charge in [0.1, 0.15) is 11.6 Å². The van der Waals surface area contributed by atoms with E-state index in [-0.39, 0.29) is 6.10 Å². The molecule has 0 aliphatic carbocycles. The summed E-state index contributed by atoms with van der Waals surface area (Å²) in [6.45, 7) is 16.6. The Hall–Kier alpha value is -2.24. The Balaban J connectivity index is 1.75. The second kappa shape index (κ2) is 10.2. The molecule has 1 aliphatic heterocycles. The molecule has 1 aromatic carbocycles. The van der Waals surface area contributed by atoms with Crippen LogP contribution in [0.4, 0.5) is 5.82 Å². The lowest BCUT2D eigenvalue weighted by Gasteiger charge is -2.37. The van der Waals surface area contributed by atoms with Gasteiger partial charge in [-0.05, 0) is 51.7 Å². The molecule has 5 nitrogen and oxygen atoms in total. The largest absolute Gasteiger partial charge is 0.392 e. The van der Waals surface area contributed by atoms with Crippen molar-refractivity contribution < 1.29 is 5.11 Å². The quantitative estimate of drug-likeness (QED) is 0.674. The minimum absolute atomic E-state index is 0.280. The van der Waals surface area contributed by atoms with Crippen molar-refractivity contribution in [2.45, 2.75) is 53.1 Å². The van der Waals surface area contributed by atoms with Gasteiger partial charge in [0.15, 0.2) is 0 Å². The summed E-state index contributed by atoms with van der Waals surface area (Å²) in [7, 11) is 0. The highest BCUT2D eigenvalue weighted by Gasteiger charge is 2.23. The molecule has 5 heteroatoms. The van der Waals surface area contributed by atoms with Gasteiger partial charge in [0.2, 0.25) is 0 Å². The van der Waals surface area contributed by atoms with Crippen molar-refractivity contribution in [3.8, 4) is 0 Å². The fraction of sp³-hybridized carbons (Fsp3) is 0.520. The molecule has 0 saturated carbocycles. The van der Waals surface area contributed by atoms with Crippen molar-refractivity contribution >= 4 is 5.82 Å². The van der Waals surface area contributed by atoms with Gasteiger partial charge in [0, 0.05) is 50.4 Å². The maximum absolute atomic E-state index is 10.2. The van der Waals surface area contributed by atoms with Crippen LogP contribution in [0.25, 0.3) is 0 Å². The Bertz CT molecular complexity index is 872.